The second-order valence-corrected chi connectivity index (χ2v) is 5.67. The van der Waals surface area contributed by atoms with Gasteiger partial charge >= 0.3 is 0 Å². The lowest BCUT2D eigenvalue weighted by molar-refractivity contribution is -0.125. The van der Waals surface area contributed by atoms with E-state index >= 15 is 0 Å². The van der Waals surface area contributed by atoms with Crippen LogP contribution >= 0.6 is 0 Å². The summed E-state index contributed by atoms with van der Waals surface area (Å²) < 4.78 is 0. The number of anilines is 1. The minimum atomic E-state index is -0.386. The summed E-state index contributed by atoms with van der Waals surface area (Å²) in [5.41, 5.74) is 1.86. The third-order valence-electron chi connectivity index (χ3n) is 3.17. The zero-order valence-electron chi connectivity index (χ0n) is 13.4. The van der Waals surface area contributed by atoms with Gasteiger partial charge in [-0.2, -0.15) is 0 Å². The summed E-state index contributed by atoms with van der Waals surface area (Å²) in [6.45, 7) is 7.77. The average molecular weight is 291 g/mol. The number of nitrogens with zero attached hydrogens (tertiary/aromatic N) is 1. The van der Waals surface area contributed by atoms with Crippen molar-refractivity contribution < 1.29 is 9.59 Å². The third-order valence-corrected chi connectivity index (χ3v) is 3.17. The van der Waals surface area contributed by atoms with Gasteiger partial charge in [-0.25, -0.2) is 0 Å². The lowest BCUT2D eigenvalue weighted by Crippen LogP contribution is -2.45. The van der Waals surface area contributed by atoms with Gasteiger partial charge in [0.2, 0.25) is 11.8 Å². The maximum atomic E-state index is 12.2. The molecule has 0 spiro atoms. The van der Waals surface area contributed by atoms with Crippen molar-refractivity contribution in [3.63, 3.8) is 0 Å². The predicted molar refractivity (Wildman–Crippen MR) is 85.2 cm³/mol. The Labute approximate surface area is 126 Å². The van der Waals surface area contributed by atoms with Crippen molar-refractivity contribution in [1.29, 1.82) is 0 Å². The molecular formula is C16H25N3O2. The van der Waals surface area contributed by atoms with Crippen LogP contribution in [0, 0.1) is 6.92 Å². The van der Waals surface area contributed by atoms with Crippen LogP contribution in [0.1, 0.15) is 26.3 Å². The summed E-state index contributed by atoms with van der Waals surface area (Å²) in [6, 6.07) is 7.35. The molecule has 0 aliphatic rings. The number of nitrogens with one attached hydrogen (secondary N) is 2. The van der Waals surface area contributed by atoms with Crippen LogP contribution in [-0.4, -0.2) is 42.4 Å². The molecule has 0 saturated heterocycles. The average Bonchev–Trinajstić information content (AvgIpc) is 2.36. The molecule has 21 heavy (non-hydrogen) atoms. The van der Waals surface area contributed by atoms with E-state index in [9.17, 15) is 9.59 Å². The van der Waals surface area contributed by atoms with Crippen LogP contribution in [0.4, 0.5) is 5.69 Å². The minimum absolute atomic E-state index is 0.0808. The highest BCUT2D eigenvalue weighted by molar-refractivity contribution is 5.95. The number of likely N-dealkylation sites (N-methyl/N-ethyl adjacent to an activating group) is 1. The summed E-state index contributed by atoms with van der Waals surface area (Å²) in [4.78, 5) is 25.6. The number of amides is 2. The molecule has 2 N–H and O–H groups in total. The van der Waals surface area contributed by atoms with Crippen LogP contribution in [0.5, 0.6) is 0 Å². The Morgan fingerprint density at radius 2 is 1.90 bits per heavy atom. The highest BCUT2D eigenvalue weighted by Gasteiger charge is 2.20. The van der Waals surface area contributed by atoms with Gasteiger partial charge in [-0.1, -0.05) is 12.1 Å². The van der Waals surface area contributed by atoms with Crippen molar-refractivity contribution in [3.8, 4) is 0 Å². The van der Waals surface area contributed by atoms with Crippen LogP contribution in [0.2, 0.25) is 0 Å². The zero-order valence-corrected chi connectivity index (χ0v) is 13.4. The molecule has 0 fully saturated rings. The van der Waals surface area contributed by atoms with E-state index in [1.807, 2.05) is 45.0 Å². The van der Waals surface area contributed by atoms with Crippen molar-refractivity contribution in [2.24, 2.45) is 0 Å². The van der Waals surface area contributed by atoms with Crippen molar-refractivity contribution >= 4 is 17.5 Å². The molecule has 0 aliphatic heterocycles. The van der Waals surface area contributed by atoms with Gasteiger partial charge in [-0.05, 0) is 52.4 Å². The zero-order chi connectivity index (χ0) is 16.0. The molecule has 0 saturated carbocycles. The number of hydrogen-bond donors (Lipinski definition) is 2. The smallest absolute Gasteiger partial charge is 0.241 e. The Balaban J connectivity index is 2.55. The van der Waals surface area contributed by atoms with Gasteiger partial charge in [-0.3, -0.25) is 14.5 Å². The molecule has 0 unspecified atom stereocenters. The molecule has 5 nitrogen and oxygen atoms in total. The quantitative estimate of drug-likeness (QED) is 0.840. The van der Waals surface area contributed by atoms with Crippen LogP contribution in [0.3, 0.4) is 0 Å². The SMILES string of the molecule is Cc1cccc(NC(=O)[C@@H](C)N(C)CC(=O)NC(C)C)c1. The van der Waals surface area contributed by atoms with Crippen LogP contribution < -0.4 is 10.6 Å². The Morgan fingerprint density at radius 1 is 1.24 bits per heavy atom. The highest BCUT2D eigenvalue weighted by Crippen LogP contribution is 2.10. The van der Waals surface area contributed by atoms with Gasteiger partial charge in [0, 0.05) is 11.7 Å². The molecule has 1 rings (SSSR count). The molecule has 116 valence electrons. The summed E-state index contributed by atoms with van der Waals surface area (Å²) in [5, 5.41) is 5.68. The number of rotatable bonds is 6. The summed E-state index contributed by atoms with van der Waals surface area (Å²) >= 11 is 0. The molecule has 1 atom stereocenters. The lowest BCUT2D eigenvalue weighted by Gasteiger charge is -2.23. The first-order valence-corrected chi connectivity index (χ1v) is 7.16. The molecule has 0 radical (unpaired) electrons. The van der Waals surface area contributed by atoms with Crippen LogP contribution in [0.25, 0.3) is 0 Å². The molecular weight excluding hydrogens is 266 g/mol. The predicted octanol–water partition coefficient (Wildman–Crippen LogP) is 1.78. The van der Waals surface area contributed by atoms with Gasteiger partial charge in [-0.15, -0.1) is 0 Å². The number of carbonyl (C=O) groups is 2. The molecule has 1 aromatic rings. The molecule has 0 aliphatic carbocycles. The van der Waals surface area contributed by atoms with E-state index in [2.05, 4.69) is 10.6 Å². The van der Waals surface area contributed by atoms with Crippen molar-refractivity contribution in [2.75, 3.05) is 18.9 Å². The fourth-order valence-corrected chi connectivity index (χ4v) is 1.90. The number of hydrogen-bond acceptors (Lipinski definition) is 3. The number of benzene rings is 1. The largest absolute Gasteiger partial charge is 0.353 e. The molecule has 2 amide bonds. The van der Waals surface area contributed by atoms with Crippen LogP contribution in [0.15, 0.2) is 24.3 Å². The van der Waals surface area contributed by atoms with E-state index in [1.165, 1.54) is 0 Å². The fourth-order valence-electron chi connectivity index (χ4n) is 1.90. The molecule has 0 bridgehead atoms. The monoisotopic (exact) mass is 291 g/mol. The summed E-state index contributed by atoms with van der Waals surface area (Å²) in [7, 11) is 1.76. The second kappa shape index (κ2) is 7.78. The Bertz CT molecular complexity index is 500. The molecule has 0 aromatic heterocycles. The van der Waals surface area contributed by atoms with E-state index in [1.54, 1.807) is 18.9 Å². The van der Waals surface area contributed by atoms with Gasteiger partial charge in [0.05, 0.1) is 12.6 Å². The van der Waals surface area contributed by atoms with E-state index in [-0.39, 0.29) is 30.4 Å². The molecule has 0 heterocycles. The third kappa shape index (κ3) is 5.95. The van der Waals surface area contributed by atoms with E-state index in [0.717, 1.165) is 11.3 Å². The van der Waals surface area contributed by atoms with Gasteiger partial charge in [0.15, 0.2) is 0 Å². The fraction of sp³-hybridized carbons (Fsp3) is 0.500. The minimum Gasteiger partial charge on any atom is -0.353 e. The maximum Gasteiger partial charge on any atom is 0.241 e. The van der Waals surface area contributed by atoms with Crippen molar-refractivity contribution in [3.05, 3.63) is 29.8 Å². The Hall–Kier alpha value is -1.88. The Morgan fingerprint density at radius 3 is 2.48 bits per heavy atom. The highest BCUT2D eigenvalue weighted by atomic mass is 16.2. The first-order valence-electron chi connectivity index (χ1n) is 7.16. The van der Waals surface area contributed by atoms with E-state index in [4.69, 9.17) is 0 Å². The Kier molecular flexibility index (Phi) is 6.37. The number of carbonyl (C=O) groups excluding carboxylic acids is 2. The molecule has 5 heteroatoms. The van der Waals surface area contributed by atoms with E-state index in [0.29, 0.717) is 0 Å². The van der Waals surface area contributed by atoms with Crippen molar-refractivity contribution in [1.82, 2.24) is 10.2 Å². The van der Waals surface area contributed by atoms with Gasteiger partial charge in [0.1, 0.15) is 0 Å². The van der Waals surface area contributed by atoms with E-state index < -0.39 is 0 Å². The molecule has 1 aromatic carbocycles. The maximum absolute atomic E-state index is 12.2. The topological polar surface area (TPSA) is 61.4 Å². The lowest BCUT2D eigenvalue weighted by atomic mass is 10.2. The summed E-state index contributed by atoms with van der Waals surface area (Å²) in [5.74, 6) is -0.205. The van der Waals surface area contributed by atoms with Crippen LogP contribution in [-0.2, 0) is 9.59 Å². The van der Waals surface area contributed by atoms with Gasteiger partial charge in [0.25, 0.3) is 0 Å². The summed E-state index contributed by atoms with van der Waals surface area (Å²) in [6.07, 6.45) is 0. The standard InChI is InChI=1S/C16H25N3O2/c1-11(2)17-15(20)10-19(5)13(4)16(21)18-14-8-6-7-12(3)9-14/h6-9,11,13H,10H2,1-5H3,(H,17,20)(H,18,21)/t13-/m1/s1. The first kappa shape index (κ1) is 17.2. The first-order chi connectivity index (χ1) is 9.79. The number of aryl methyl sites for hydroxylation is 1. The second-order valence-electron chi connectivity index (χ2n) is 5.67. The van der Waals surface area contributed by atoms with Gasteiger partial charge < -0.3 is 10.6 Å². The van der Waals surface area contributed by atoms with Crippen molar-refractivity contribution in [2.45, 2.75) is 39.8 Å². The normalized spacial score (nSPS) is 12.3.